The first-order chi connectivity index (χ1) is 8.72. The minimum absolute atomic E-state index is 0.0423. The van der Waals surface area contributed by atoms with Crippen LogP contribution in [0.1, 0.15) is 5.56 Å². The summed E-state index contributed by atoms with van der Waals surface area (Å²) < 4.78 is 13.2. The topological polar surface area (TPSA) is 35.8 Å². The molecule has 0 radical (unpaired) electrons. The second-order valence-electron chi connectivity index (χ2n) is 3.66. The van der Waals surface area contributed by atoms with Gasteiger partial charge in [-0.25, -0.2) is 4.39 Å². The summed E-state index contributed by atoms with van der Waals surface area (Å²) in [7, 11) is 0. The van der Waals surface area contributed by atoms with E-state index in [1.54, 1.807) is 17.8 Å². The lowest BCUT2D eigenvalue weighted by Gasteiger charge is -2.07. The zero-order valence-corrected chi connectivity index (χ0v) is 10.6. The number of thioether (sulfide) groups is 1. The van der Waals surface area contributed by atoms with Crippen LogP contribution < -0.4 is 5.32 Å². The first kappa shape index (κ1) is 12.5. The number of benzene rings is 2. The number of nitrogens with zero attached hydrogens (tertiary/aromatic N) is 1. The van der Waals surface area contributed by atoms with E-state index in [-0.39, 0.29) is 5.56 Å². The second-order valence-corrected chi connectivity index (χ2v) is 4.54. The molecule has 2 aromatic carbocycles. The standard InChI is InChI=1S/C14H11FN2S/c1-18-13-5-2-11(3-6-13)17-12-4-7-14(15)10(8-12)9-16/h2-8,17H,1H3. The van der Waals surface area contributed by atoms with E-state index in [0.29, 0.717) is 5.69 Å². The van der Waals surface area contributed by atoms with Crippen molar-refractivity contribution in [1.29, 1.82) is 5.26 Å². The van der Waals surface area contributed by atoms with Crippen molar-refractivity contribution in [2.24, 2.45) is 0 Å². The average molecular weight is 258 g/mol. The van der Waals surface area contributed by atoms with Crippen molar-refractivity contribution in [3.63, 3.8) is 0 Å². The largest absolute Gasteiger partial charge is 0.355 e. The van der Waals surface area contributed by atoms with E-state index < -0.39 is 5.82 Å². The molecule has 18 heavy (non-hydrogen) atoms. The SMILES string of the molecule is CSc1ccc(Nc2ccc(F)c(C#N)c2)cc1. The summed E-state index contributed by atoms with van der Waals surface area (Å²) in [4.78, 5) is 1.18. The number of rotatable bonds is 3. The van der Waals surface area contributed by atoms with Gasteiger partial charge in [0.2, 0.25) is 0 Å². The minimum atomic E-state index is -0.499. The summed E-state index contributed by atoms with van der Waals surface area (Å²) in [5, 5.41) is 11.9. The van der Waals surface area contributed by atoms with Crippen LogP contribution in [0, 0.1) is 17.1 Å². The highest BCUT2D eigenvalue weighted by molar-refractivity contribution is 7.98. The van der Waals surface area contributed by atoms with Crippen LogP contribution in [0.4, 0.5) is 15.8 Å². The number of nitriles is 1. The summed E-state index contributed by atoms with van der Waals surface area (Å²) in [5.41, 5.74) is 1.65. The van der Waals surface area contributed by atoms with Gasteiger partial charge in [-0.05, 0) is 48.7 Å². The van der Waals surface area contributed by atoms with Crippen molar-refractivity contribution in [3.05, 3.63) is 53.8 Å². The zero-order chi connectivity index (χ0) is 13.0. The van der Waals surface area contributed by atoms with Crippen molar-refractivity contribution < 1.29 is 4.39 Å². The van der Waals surface area contributed by atoms with E-state index in [2.05, 4.69) is 5.32 Å². The lowest BCUT2D eigenvalue weighted by atomic mass is 10.2. The third-order valence-electron chi connectivity index (χ3n) is 2.47. The molecule has 2 aromatic rings. The maximum atomic E-state index is 13.2. The van der Waals surface area contributed by atoms with Gasteiger partial charge in [-0.3, -0.25) is 0 Å². The Morgan fingerprint density at radius 3 is 2.39 bits per heavy atom. The van der Waals surface area contributed by atoms with Crippen LogP contribution >= 0.6 is 11.8 Å². The molecule has 1 N–H and O–H groups in total. The maximum absolute atomic E-state index is 13.2. The summed E-state index contributed by atoms with van der Waals surface area (Å²) in [6.45, 7) is 0. The molecule has 0 aliphatic rings. The van der Waals surface area contributed by atoms with Gasteiger partial charge < -0.3 is 5.32 Å². The van der Waals surface area contributed by atoms with Gasteiger partial charge in [0.05, 0.1) is 5.56 Å². The molecule has 90 valence electrons. The van der Waals surface area contributed by atoms with E-state index in [1.807, 2.05) is 36.6 Å². The summed E-state index contributed by atoms with van der Waals surface area (Å²) in [5.74, 6) is -0.499. The van der Waals surface area contributed by atoms with Crippen LogP contribution in [0.5, 0.6) is 0 Å². The van der Waals surface area contributed by atoms with Gasteiger partial charge in [0.1, 0.15) is 11.9 Å². The first-order valence-corrected chi connectivity index (χ1v) is 6.56. The number of anilines is 2. The van der Waals surface area contributed by atoms with Crippen LogP contribution in [-0.2, 0) is 0 Å². The normalized spacial score (nSPS) is 9.83. The Morgan fingerprint density at radius 1 is 1.11 bits per heavy atom. The summed E-state index contributed by atoms with van der Waals surface area (Å²) >= 11 is 1.67. The lowest BCUT2D eigenvalue weighted by molar-refractivity contribution is 0.624. The van der Waals surface area contributed by atoms with Crippen molar-refractivity contribution in [1.82, 2.24) is 0 Å². The molecule has 0 fully saturated rings. The fourth-order valence-electron chi connectivity index (χ4n) is 1.53. The Labute approximate surface area is 109 Å². The molecule has 0 bridgehead atoms. The molecule has 0 saturated carbocycles. The fourth-order valence-corrected chi connectivity index (χ4v) is 1.94. The van der Waals surface area contributed by atoms with E-state index in [0.717, 1.165) is 5.69 Å². The molecule has 2 nitrogen and oxygen atoms in total. The number of halogens is 1. The molecule has 0 aromatic heterocycles. The zero-order valence-electron chi connectivity index (χ0n) is 9.77. The van der Waals surface area contributed by atoms with Gasteiger partial charge in [0.25, 0.3) is 0 Å². The predicted octanol–water partition coefficient (Wildman–Crippen LogP) is 4.16. The summed E-state index contributed by atoms with van der Waals surface area (Å²) in [6, 6.07) is 14.1. The van der Waals surface area contributed by atoms with Gasteiger partial charge in [0.15, 0.2) is 0 Å². The number of nitrogens with one attached hydrogen (secondary N) is 1. The molecule has 0 amide bonds. The average Bonchev–Trinajstić information content (AvgIpc) is 2.42. The van der Waals surface area contributed by atoms with Gasteiger partial charge in [-0.15, -0.1) is 11.8 Å². The molecule has 0 atom stereocenters. The Balaban J connectivity index is 2.20. The van der Waals surface area contributed by atoms with Crippen LogP contribution in [0.15, 0.2) is 47.4 Å². The molecule has 0 aliphatic carbocycles. The molecule has 0 heterocycles. The predicted molar refractivity (Wildman–Crippen MR) is 72.6 cm³/mol. The van der Waals surface area contributed by atoms with Gasteiger partial charge in [-0.1, -0.05) is 0 Å². The maximum Gasteiger partial charge on any atom is 0.141 e. The molecule has 0 saturated heterocycles. The van der Waals surface area contributed by atoms with E-state index in [4.69, 9.17) is 5.26 Å². The van der Waals surface area contributed by atoms with Crippen molar-refractivity contribution in [2.75, 3.05) is 11.6 Å². The minimum Gasteiger partial charge on any atom is -0.355 e. The molecule has 2 rings (SSSR count). The molecular formula is C14H11FN2S. The van der Waals surface area contributed by atoms with Gasteiger partial charge in [-0.2, -0.15) is 5.26 Å². The van der Waals surface area contributed by atoms with Crippen LogP contribution in [-0.4, -0.2) is 6.26 Å². The third kappa shape index (κ3) is 2.82. The van der Waals surface area contributed by atoms with Crippen LogP contribution in [0.25, 0.3) is 0 Å². The van der Waals surface area contributed by atoms with E-state index >= 15 is 0 Å². The van der Waals surface area contributed by atoms with Gasteiger partial charge >= 0.3 is 0 Å². The number of hydrogen-bond donors (Lipinski definition) is 1. The Morgan fingerprint density at radius 2 is 1.78 bits per heavy atom. The lowest BCUT2D eigenvalue weighted by Crippen LogP contribution is -1.92. The highest BCUT2D eigenvalue weighted by atomic mass is 32.2. The molecular weight excluding hydrogens is 247 g/mol. The van der Waals surface area contributed by atoms with Gasteiger partial charge in [0, 0.05) is 16.3 Å². The first-order valence-electron chi connectivity index (χ1n) is 5.33. The van der Waals surface area contributed by atoms with E-state index in [9.17, 15) is 4.39 Å². The third-order valence-corrected chi connectivity index (χ3v) is 3.21. The Bertz CT molecular complexity index is 588. The highest BCUT2D eigenvalue weighted by Gasteiger charge is 2.02. The van der Waals surface area contributed by atoms with Crippen molar-refractivity contribution >= 4 is 23.1 Å². The molecule has 4 heteroatoms. The number of hydrogen-bond acceptors (Lipinski definition) is 3. The quantitative estimate of drug-likeness (QED) is 0.839. The molecule has 0 aliphatic heterocycles. The van der Waals surface area contributed by atoms with Crippen molar-refractivity contribution in [3.8, 4) is 6.07 Å². The highest BCUT2D eigenvalue weighted by Crippen LogP contribution is 2.22. The Kier molecular flexibility index (Phi) is 3.85. The van der Waals surface area contributed by atoms with Crippen molar-refractivity contribution in [2.45, 2.75) is 4.90 Å². The second kappa shape index (κ2) is 5.56. The monoisotopic (exact) mass is 258 g/mol. The van der Waals surface area contributed by atoms with E-state index in [1.165, 1.54) is 17.0 Å². The van der Waals surface area contributed by atoms with Crippen LogP contribution in [0.3, 0.4) is 0 Å². The fraction of sp³-hybridized carbons (Fsp3) is 0.0714. The van der Waals surface area contributed by atoms with Crippen LogP contribution in [0.2, 0.25) is 0 Å². The Hall–Kier alpha value is -1.99. The molecule has 0 spiro atoms. The molecule has 0 unspecified atom stereocenters. The summed E-state index contributed by atoms with van der Waals surface area (Å²) in [6.07, 6.45) is 2.02. The smallest absolute Gasteiger partial charge is 0.141 e.